The number of halogens is 3. The van der Waals surface area contributed by atoms with E-state index in [-0.39, 0.29) is 35.8 Å². The highest BCUT2D eigenvalue weighted by Crippen LogP contribution is 2.34. The molecule has 0 aliphatic heterocycles. The monoisotopic (exact) mass is 469 g/mol. The fourth-order valence-electron chi connectivity index (χ4n) is 2.41. The van der Waals surface area contributed by atoms with E-state index in [2.05, 4.69) is 40.3 Å². The van der Waals surface area contributed by atoms with Crippen molar-refractivity contribution in [3.63, 3.8) is 0 Å². The maximum absolute atomic E-state index is 13.5. The molecule has 3 aromatic heterocycles. The van der Waals surface area contributed by atoms with E-state index in [4.69, 9.17) is 5.73 Å². The number of hydrogen-bond acceptors (Lipinski definition) is 10. The van der Waals surface area contributed by atoms with Crippen LogP contribution in [-0.4, -0.2) is 39.1 Å². The summed E-state index contributed by atoms with van der Waals surface area (Å²) in [7, 11) is -3.63. The fourth-order valence-corrected chi connectivity index (χ4v) is 3.04. The largest absolute Gasteiger partial charge is 0.421 e. The number of anilines is 5. The Morgan fingerprint density at radius 1 is 1.06 bits per heavy atom. The van der Waals surface area contributed by atoms with Crippen LogP contribution in [0.15, 0.2) is 36.8 Å². The van der Waals surface area contributed by atoms with Gasteiger partial charge in [0.1, 0.15) is 23.0 Å². The minimum Gasteiger partial charge on any atom is -0.368 e. The van der Waals surface area contributed by atoms with Gasteiger partial charge in [0.2, 0.25) is 21.9 Å². The number of nitrogens with two attached hydrogens (primary N) is 1. The molecule has 0 atom stereocenters. The predicted octanol–water partition coefficient (Wildman–Crippen LogP) is 2.38. The van der Waals surface area contributed by atoms with Crippen LogP contribution >= 0.6 is 0 Å². The van der Waals surface area contributed by atoms with Gasteiger partial charge in [-0.25, -0.2) is 23.4 Å². The van der Waals surface area contributed by atoms with E-state index in [1.165, 1.54) is 37.5 Å². The molecule has 170 valence electrons. The normalized spacial score (nSPS) is 11.8. The summed E-state index contributed by atoms with van der Waals surface area (Å²) in [6.07, 6.45) is -1.40. The first-order valence-corrected chi connectivity index (χ1v) is 10.7. The molecular formula is C17H18F3N9O2S. The lowest BCUT2D eigenvalue weighted by Crippen LogP contribution is -2.18. The predicted molar refractivity (Wildman–Crippen MR) is 111 cm³/mol. The molecule has 0 radical (unpaired) electrons. The van der Waals surface area contributed by atoms with Crippen LogP contribution in [0.5, 0.6) is 0 Å². The molecule has 0 aliphatic rings. The molecule has 0 fully saturated rings. The van der Waals surface area contributed by atoms with E-state index >= 15 is 0 Å². The lowest BCUT2D eigenvalue weighted by atomic mass is 10.2. The van der Waals surface area contributed by atoms with Gasteiger partial charge in [0.25, 0.3) is 0 Å². The molecule has 5 N–H and O–H groups in total. The van der Waals surface area contributed by atoms with Crippen LogP contribution in [0.1, 0.15) is 18.1 Å². The lowest BCUT2D eigenvalue weighted by molar-refractivity contribution is -0.137. The zero-order valence-electron chi connectivity index (χ0n) is 16.6. The molecule has 0 bridgehead atoms. The molecule has 0 aromatic carbocycles. The maximum atomic E-state index is 13.5. The van der Waals surface area contributed by atoms with Crippen LogP contribution in [0, 0.1) is 0 Å². The van der Waals surface area contributed by atoms with E-state index in [1.54, 1.807) is 0 Å². The number of sulfonamides is 1. The molecule has 0 saturated heterocycles. The van der Waals surface area contributed by atoms with Gasteiger partial charge < -0.3 is 16.4 Å². The Morgan fingerprint density at radius 3 is 2.53 bits per heavy atom. The van der Waals surface area contributed by atoms with E-state index in [0.29, 0.717) is 11.8 Å². The quantitative estimate of drug-likeness (QED) is 0.385. The molecular weight excluding hydrogens is 451 g/mol. The summed E-state index contributed by atoms with van der Waals surface area (Å²) >= 11 is 0. The molecule has 15 heteroatoms. The molecule has 3 rings (SSSR count). The van der Waals surface area contributed by atoms with Crippen molar-refractivity contribution in [3.05, 3.63) is 47.9 Å². The Bertz CT molecular complexity index is 1210. The van der Waals surface area contributed by atoms with Crippen LogP contribution in [0.2, 0.25) is 0 Å². The second kappa shape index (κ2) is 9.17. The summed E-state index contributed by atoms with van der Waals surface area (Å²) in [5, 5.41) is 5.22. The number of nitrogen functional groups attached to an aromatic ring is 1. The van der Waals surface area contributed by atoms with Gasteiger partial charge in [0.15, 0.2) is 0 Å². The summed E-state index contributed by atoms with van der Waals surface area (Å²) in [5.41, 5.74) is 4.69. The van der Waals surface area contributed by atoms with Crippen molar-refractivity contribution in [1.82, 2.24) is 24.9 Å². The first kappa shape index (κ1) is 22.9. The lowest BCUT2D eigenvalue weighted by Gasteiger charge is -2.16. The fraction of sp³-hybridized carbons (Fsp3) is 0.235. The van der Waals surface area contributed by atoms with Gasteiger partial charge in [0.05, 0.1) is 5.75 Å². The number of alkyl halides is 3. The first-order valence-electron chi connectivity index (χ1n) is 9.05. The molecule has 11 nitrogen and oxygen atoms in total. The molecule has 0 aliphatic carbocycles. The Hall–Kier alpha value is -3.75. The molecule has 3 aromatic rings. The molecule has 3 heterocycles. The number of hydrogen-bond donors (Lipinski definition) is 4. The third-order valence-electron chi connectivity index (χ3n) is 3.98. The van der Waals surface area contributed by atoms with Gasteiger partial charge in [-0.1, -0.05) is 6.07 Å². The second-order valence-corrected chi connectivity index (χ2v) is 8.26. The molecule has 0 spiro atoms. The van der Waals surface area contributed by atoms with Crippen LogP contribution in [-0.2, 0) is 22.7 Å². The van der Waals surface area contributed by atoms with Gasteiger partial charge in [-0.15, -0.1) is 0 Å². The zero-order valence-corrected chi connectivity index (χ0v) is 17.4. The minimum absolute atomic E-state index is 0.000672. The highest BCUT2D eigenvalue weighted by atomic mass is 32.2. The summed E-state index contributed by atoms with van der Waals surface area (Å²) in [4.78, 5) is 19.1. The number of aromatic nitrogens is 5. The van der Waals surface area contributed by atoms with Gasteiger partial charge in [-0.3, -0.25) is 4.72 Å². The second-order valence-electron chi connectivity index (χ2n) is 6.25. The number of pyridine rings is 1. The van der Waals surface area contributed by atoms with Crippen molar-refractivity contribution >= 4 is 39.4 Å². The van der Waals surface area contributed by atoms with Crippen molar-refractivity contribution in [3.8, 4) is 0 Å². The third-order valence-corrected chi connectivity index (χ3v) is 5.24. The van der Waals surface area contributed by atoms with Crippen molar-refractivity contribution in [2.45, 2.75) is 19.6 Å². The summed E-state index contributed by atoms with van der Waals surface area (Å²) < 4.78 is 66.4. The average Bonchev–Trinajstić information content (AvgIpc) is 2.72. The molecule has 0 unspecified atom stereocenters. The Balaban J connectivity index is 1.88. The standard InChI is InChI=1S/C17H18F3N9O2S/c1-2-32(30,31)29-13-10(4-3-6-22-13)8-24-14-11(17(18,19)20)9-25-16(28-14)27-12-5-7-23-15(21)26-12/h3-7,9H,2,8H2,1H3,(H,22,29)(H4,21,23,24,25,26,27,28). The molecule has 0 saturated carbocycles. The van der Waals surface area contributed by atoms with Gasteiger partial charge in [0, 0.05) is 30.7 Å². The van der Waals surface area contributed by atoms with Crippen molar-refractivity contribution in [2.24, 2.45) is 0 Å². The number of rotatable bonds is 8. The summed E-state index contributed by atoms with van der Waals surface area (Å²) in [5.74, 6) is -0.741. The van der Waals surface area contributed by atoms with E-state index in [9.17, 15) is 21.6 Å². The zero-order chi connectivity index (χ0) is 23.4. The Kier molecular flexibility index (Phi) is 6.57. The highest BCUT2D eigenvalue weighted by molar-refractivity contribution is 7.92. The highest BCUT2D eigenvalue weighted by Gasteiger charge is 2.35. The number of nitrogens with one attached hydrogen (secondary N) is 3. The maximum Gasteiger partial charge on any atom is 0.421 e. The van der Waals surface area contributed by atoms with E-state index in [0.717, 1.165) is 0 Å². The Labute approximate surface area is 180 Å². The van der Waals surface area contributed by atoms with Crippen molar-refractivity contribution in [1.29, 1.82) is 0 Å². The Morgan fingerprint density at radius 2 is 1.84 bits per heavy atom. The van der Waals surface area contributed by atoms with Crippen LogP contribution in [0.3, 0.4) is 0 Å². The molecule has 0 amide bonds. The van der Waals surface area contributed by atoms with Crippen molar-refractivity contribution < 1.29 is 21.6 Å². The SMILES string of the molecule is CCS(=O)(=O)Nc1ncccc1CNc1nc(Nc2ccnc(N)n2)ncc1C(F)(F)F. The summed E-state index contributed by atoms with van der Waals surface area (Å²) in [6, 6.07) is 4.48. The third kappa shape index (κ3) is 5.90. The van der Waals surface area contributed by atoms with Crippen LogP contribution < -0.4 is 21.1 Å². The first-order chi connectivity index (χ1) is 15.1. The van der Waals surface area contributed by atoms with E-state index in [1.807, 2.05) is 0 Å². The van der Waals surface area contributed by atoms with Gasteiger partial charge in [-0.05, 0) is 19.1 Å². The number of nitrogens with zero attached hydrogens (tertiary/aromatic N) is 5. The van der Waals surface area contributed by atoms with Crippen LogP contribution in [0.4, 0.5) is 42.5 Å². The van der Waals surface area contributed by atoms with Crippen LogP contribution in [0.25, 0.3) is 0 Å². The average molecular weight is 469 g/mol. The van der Waals surface area contributed by atoms with Crippen molar-refractivity contribution in [2.75, 3.05) is 26.8 Å². The van der Waals surface area contributed by atoms with E-state index < -0.39 is 27.6 Å². The molecule has 32 heavy (non-hydrogen) atoms. The summed E-state index contributed by atoms with van der Waals surface area (Å²) in [6.45, 7) is 1.24. The topological polar surface area (TPSA) is 161 Å². The smallest absolute Gasteiger partial charge is 0.368 e. The minimum atomic E-state index is -4.73. The van der Waals surface area contributed by atoms with Gasteiger partial charge >= 0.3 is 6.18 Å². The van der Waals surface area contributed by atoms with Gasteiger partial charge in [-0.2, -0.15) is 23.1 Å².